The lowest BCUT2D eigenvalue weighted by Gasteiger charge is -2.27. The van der Waals surface area contributed by atoms with Gasteiger partial charge < -0.3 is 15.0 Å². The van der Waals surface area contributed by atoms with Gasteiger partial charge in [0.15, 0.2) is 0 Å². The quantitative estimate of drug-likeness (QED) is 0.717. The van der Waals surface area contributed by atoms with Crippen LogP contribution in [0.5, 0.6) is 5.75 Å². The average molecular weight is 382 g/mol. The summed E-state index contributed by atoms with van der Waals surface area (Å²) in [6.45, 7) is 4.07. The molecule has 2 aliphatic rings. The van der Waals surface area contributed by atoms with Crippen molar-refractivity contribution in [1.82, 2.24) is 20.2 Å². The van der Waals surface area contributed by atoms with Gasteiger partial charge in [-0.05, 0) is 61.4 Å². The Hall–Kier alpha value is -3.60. The first-order valence-corrected chi connectivity index (χ1v) is 9.80. The Morgan fingerprint density at radius 2 is 1.72 bits per heavy atom. The smallest absolute Gasteiger partial charge is 0.123 e. The van der Waals surface area contributed by atoms with Crippen LogP contribution in [-0.4, -0.2) is 27.1 Å². The van der Waals surface area contributed by atoms with Crippen molar-refractivity contribution in [3.63, 3.8) is 0 Å². The highest BCUT2D eigenvalue weighted by Gasteiger charge is 2.26. The van der Waals surface area contributed by atoms with Crippen LogP contribution in [0.3, 0.4) is 0 Å². The molecule has 1 N–H and O–H groups in total. The lowest BCUT2D eigenvalue weighted by Crippen LogP contribution is -2.32. The molecular formula is C24H22N4O. The SMILES string of the molecule is CC(C)Oc1ccc(C2=CC3NC=C(c4ccc5nccnc5c4)N3C=C2)cc1. The largest absolute Gasteiger partial charge is 0.491 e. The highest BCUT2D eigenvalue weighted by molar-refractivity contribution is 5.82. The maximum Gasteiger partial charge on any atom is 0.123 e. The number of ether oxygens (including phenoxy) is 1. The maximum absolute atomic E-state index is 5.74. The molecule has 2 aromatic carbocycles. The standard InChI is InChI=1S/C24H22N4O/c1-16(2)29-20-6-3-17(4-7-20)18-9-12-28-23(15-27-24(28)14-18)19-5-8-21-22(13-19)26-11-10-25-21/h3-16,24,27H,1-2H3. The van der Waals surface area contributed by atoms with Crippen LogP contribution < -0.4 is 10.1 Å². The van der Waals surface area contributed by atoms with Crippen LogP contribution in [0.1, 0.15) is 25.0 Å². The molecule has 0 spiro atoms. The van der Waals surface area contributed by atoms with E-state index in [4.69, 9.17) is 4.74 Å². The second-order valence-corrected chi connectivity index (χ2v) is 7.44. The Kier molecular flexibility index (Phi) is 4.28. The van der Waals surface area contributed by atoms with Crippen molar-refractivity contribution >= 4 is 22.3 Å². The number of allylic oxidation sites excluding steroid dienone is 2. The van der Waals surface area contributed by atoms with Gasteiger partial charge in [-0.3, -0.25) is 9.97 Å². The van der Waals surface area contributed by atoms with E-state index in [-0.39, 0.29) is 12.3 Å². The summed E-state index contributed by atoms with van der Waals surface area (Å²) in [6.07, 6.45) is 12.3. The van der Waals surface area contributed by atoms with Crippen LogP contribution in [0, 0.1) is 0 Å². The number of benzene rings is 2. The van der Waals surface area contributed by atoms with Crippen LogP contribution in [-0.2, 0) is 0 Å². The summed E-state index contributed by atoms with van der Waals surface area (Å²) < 4.78 is 5.74. The number of hydrogen-bond donors (Lipinski definition) is 1. The number of aromatic nitrogens is 2. The van der Waals surface area contributed by atoms with E-state index in [1.165, 1.54) is 11.1 Å². The first-order chi connectivity index (χ1) is 14.2. The van der Waals surface area contributed by atoms with Crippen molar-refractivity contribution in [3.8, 4) is 5.75 Å². The topological polar surface area (TPSA) is 50.3 Å². The van der Waals surface area contributed by atoms with E-state index in [1.807, 2.05) is 32.0 Å². The normalized spacial score (nSPS) is 17.8. The van der Waals surface area contributed by atoms with Gasteiger partial charge in [-0.15, -0.1) is 0 Å². The van der Waals surface area contributed by atoms with Gasteiger partial charge in [0.1, 0.15) is 11.9 Å². The first kappa shape index (κ1) is 17.5. The predicted octanol–water partition coefficient (Wildman–Crippen LogP) is 4.56. The second kappa shape index (κ2) is 7.09. The molecule has 1 unspecified atom stereocenters. The zero-order valence-corrected chi connectivity index (χ0v) is 16.4. The lowest BCUT2D eigenvalue weighted by molar-refractivity contribution is 0.242. The van der Waals surface area contributed by atoms with Crippen LogP contribution >= 0.6 is 0 Å². The minimum absolute atomic E-state index is 0.0918. The van der Waals surface area contributed by atoms with Gasteiger partial charge in [-0.25, -0.2) is 0 Å². The molecule has 144 valence electrons. The zero-order chi connectivity index (χ0) is 19.8. The van der Waals surface area contributed by atoms with E-state index in [0.717, 1.165) is 28.0 Å². The molecule has 3 aromatic rings. The molecule has 5 heteroatoms. The second-order valence-electron chi connectivity index (χ2n) is 7.44. The average Bonchev–Trinajstić information content (AvgIpc) is 3.17. The van der Waals surface area contributed by atoms with E-state index < -0.39 is 0 Å². The molecule has 1 atom stereocenters. The summed E-state index contributed by atoms with van der Waals surface area (Å²) in [5.74, 6) is 0.896. The molecular weight excluding hydrogens is 360 g/mol. The molecule has 0 radical (unpaired) electrons. The summed E-state index contributed by atoms with van der Waals surface area (Å²) in [6, 6.07) is 14.5. The van der Waals surface area contributed by atoms with E-state index in [0.29, 0.717) is 0 Å². The predicted molar refractivity (Wildman–Crippen MR) is 116 cm³/mol. The lowest BCUT2D eigenvalue weighted by atomic mass is 10.0. The molecule has 5 nitrogen and oxygen atoms in total. The summed E-state index contributed by atoms with van der Waals surface area (Å²) >= 11 is 0. The number of hydrogen-bond acceptors (Lipinski definition) is 5. The molecule has 0 amide bonds. The molecule has 0 saturated carbocycles. The fourth-order valence-electron chi connectivity index (χ4n) is 3.70. The molecule has 3 heterocycles. The Bertz CT molecular complexity index is 1150. The Morgan fingerprint density at radius 3 is 2.52 bits per heavy atom. The number of fused-ring (bicyclic) bond motifs is 2. The van der Waals surface area contributed by atoms with Crippen molar-refractivity contribution in [1.29, 1.82) is 0 Å². The third-order valence-corrected chi connectivity index (χ3v) is 5.05. The van der Waals surface area contributed by atoms with Gasteiger partial charge >= 0.3 is 0 Å². The molecule has 29 heavy (non-hydrogen) atoms. The highest BCUT2D eigenvalue weighted by Crippen LogP contribution is 2.32. The molecule has 0 aliphatic carbocycles. The summed E-state index contributed by atoms with van der Waals surface area (Å²) in [5.41, 5.74) is 6.40. The number of nitrogens with one attached hydrogen (secondary N) is 1. The van der Waals surface area contributed by atoms with E-state index in [9.17, 15) is 0 Å². The molecule has 0 fully saturated rings. The Balaban J connectivity index is 1.37. The molecule has 2 aliphatic heterocycles. The van der Waals surface area contributed by atoms with Crippen molar-refractivity contribution < 1.29 is 4.74 Å². The minimum atomic E-state index is 0.0918. The van der Waals surface area contributed by atoms with E-state index in [2.05, 4.69) is 69.0 Å². The molecule has 5 rings (SSSR count). The third-order valence-electron chi connectivity index (χ3n) is 5.05. The minimum Gasteiger partial charge on any atom is -0.491 e. The maximum atomic E-state index is 5.74. The van der Waals surface area contributed by atoms with Crippen molar-refractivity contribution in [2.45, 2.75) is 26.1 Å². The molecule has 0 bridgehead atoms. The first-order valence-electron chi connectivity index (χ1n) is 9.80. The molecule has 1 aromatic heterocycles. The van der Waals surface area contributed by atoms with Crippen LogP contribution in [0.2, 0.25) is 0 Å². The molecule has 0 saturated heterocycles. The highest BCUT2D eigenvalue weighted by atomic mass is 16.5. The fraction of sp³-hybridized carbons (Fsp3) is 0.167. The van der Waals surface area contributed by atoms with Crippen molar-refractivity contribution in [3.05, 3.63) is 90.5 Å². The van der Waals surface area contributed by atoms with Gasteiger partial charge in [0.25, 0.3) is 0 Å². The van der Waals surface area contributed by atoms with Crippen LogP contribution in [0.15, 0.2) is 79.4 Å². The van der Waals surface area contributed by atoms with Crippen LogP contribution in [0.4, 0.5) is 0 Å². The van der Waals surface area contributed by atoms with Crippen molar-refractivity contribution in [2.75, 3.05) is 0 Å². The Labute approximate surface area is 170 Å². The van der Waals surface area contributed by atoms with Gasteiger partial charge in [0.2, 0.25) is 0 Å². The summed E-state index contributed by atoms with van der Waals surface area (Å²) in [5, 5.41) is 3.47. The third kappa shape index (κ3) is 3.36. The van der Waals surface area contributed by atoms with Gasteiger partial charge in [-0.1, -0.05) is 18.2 Å². The summed E-state index contributed by atoms with van der Waals surface area (Å²) in [4.78, 5) is 11.0. The number of rotatable bonds is 4. The monoisotopic (exact) mass is 382 g/mol. The Morgan fingerprint density at radius 1 is 0.966 bits per heavy atom. The van der Waals surface area contributed by atoms with E-state index in [1.54, 1.807) is 12.4 Å². The van der Waals surface area contributed by atoms with Crippen molar-refractivity contribution in [2.24, 2.45) is 0 Å². The zero-order valence-electron chi connectivity index (χ0n) is 16.4. The van der Waals surface area contributed by atoms with Crippen LogP contribution in [0.25, 0.3) is 22.3 Å². The number of nitrogens with zero attached hydrogens (tertiary/aromatic N) is 3. The van der Waals surface area contributed by atoms with E-state index >= 15 is 0 Å². The summed E-state index contributed by atoms with van der Waals surface area (Å²) in [7, 11) is 0. The van der Waals surface area contributed by atoms with Gasteiger partial charge in [0.05, 0.1) is 22.8 Å². The van der Waals surface area contributed by atoms with Gasteiger partial charge in [0, 0.05) is 30.4 Å². The van der Waals surface area contributed by atoms with Gasteiger partial charge in [-0.2, -0.15) is 0 Å². The fourth-order valence-corrected chi connectivity index (χ4v) is 3.70.